The van der Waals surface area contributed by atoms with Crippen LogP contribution in [-0.2, 0) is 6.42 Å². The molecule has 1 aromatic heterocycles. The fraction of sp³-hybridized carbons (Fsp3) is 0.375. The normalized spacial score (nSPS) is 15.6. The van der Waals surface area contributed by atoms with E-state index in [4.69, 9.17) is 15.2 Å². The highest BCUT2D eigenvalue weighted by atomic mass is 79.9. The molecule has 1 aliphatic rings. The van der Waals surface area contributed by atoms with Crippen molar-refractivity contribution in [3.63, 3.8) is 0 Å². The maximum Gasteiger partial charge on any atom is 0.162 e. The predicted octanol–water partition coefficient (Wildman–Crippen LogP) is 4.28. The van der Waals surface area contributed by atoms with E-state index in [1.165, 1.54) is 9.75 Å². The number of hydrogen-bond donors (Lipinski definition) is 1. The van der Waals surface area contributed by atoms with Crippen molar-refractivity contribution in [2.24, 2.45) is 5.73 Å². The summed E-state index contributed by atoms with van der Waals surface area (Å²) in [5, 5.41) is 0. The Labute approximate surface area is 137 Å². The van der Waals surface area contributed by atoms with Crippen molar-refractivity contribution in [3.05, 3.63) is 44.1 Å². The number of hydrogen-bond acceptors (Lipinski definition) is 4. The fourth-order valence-electron chi connectivity index (χ4n) is 2.34. The lowest BCUT2D eigenvalue weighted by Gasteiger charge is -2.16. The minimum Gasteiger partial charge on any atom is -0.490 e. The molecule has 2 aromatic rings. The molecule has 112 valence electrons. The average molecular weight is 368 g/mol. The van der Waals surface area contributed by atoms with Gasteiger partial charge in [-0.05, 0) is 36.2 Å². The van der Waals surface area contributed by atoms with Crippen LogP contribution in [0.3, 0.4) is 0 Å². The van der Waals surface area contributed by atoms with Crippen molar-refractivity contribution in [1.82, 2.24) is 0 Å². The highest BCUT2D eigenvalue weighted by Crippen LogP contribution is 2.39. The molecule has 1 aliphatic heterocycles. The fourth-order valence-corrected chi connectivity index (χ4v) is 3.89. The van der Waals surface area contributed by atoms with Crippen LogP contribution in [-0.4, -0.2) is 13.2 Å². The molecule has 5 heteroatoms. The van der Waals surface area contributed by atoms with Crippen LogP contribution in [0, 0.1) is 0 Å². The van der Waals surface area contributed by atoms with Crippen LogP contribution in [0.25, 0.3) is 0 Å². The number of thiophene rings is 1. The van der Waals surface area contributed by atoms with Crippen molar-refractivity contribution in [1.29, 1.82) is 0 Å². The quantitative estimate of drug-likeness (QED) is 0.880. The van der Waals surface area contributed by atoms with E-state index >= 15 is 0 Å². The van der Waals surface area contributed by atoms with Crippen LogP contribution < -0.4 is 15.2 Å². The maximum atomic E-state index is 6.44. The molecule has 2 N–H and O–H groups in total. The van der Waals surface area contributed by atoms with Gasteiger partial charge in [0.25, 0.3) is 0 Å². The first kappa shape index (κ1) is 14.9. The first-order chi connectivity index (χ1) is 10.2. The van der Waals surface area contributed by atoms with Crippen molar-refractivity contribution in [2.75, 3.05) is 13.2 Å². The Morgan fingerprint density at radius 1 is 1.24 bits per heavy atom. The molecule has 1 atom stereocenters. The molecule has 3 rings (SSSR count). The third-order valence-electron chi connectivity index (χ3n) is 3.54. The Morgan fingerprint density at radius 2 is 1.95 bits per heavy atom. The number of halogens is 1. The van der Waals surface area contributed by atoms with E-state index in [1.807, 2.05) is 12.1 Å². The predicted molar refractivity (Wildman–Crippen MR) is 89.5 cm³/mol. The average Bonchev–Trinajstić information content (AvgIpc) is 2.86. The highest BCUT2D eigenvalue weighted by molar-refractivity contribution is 9.10. The summed E-state index contributed by atoms with van der Waals surface area (Å²) in [6.07, 6.45) is 1.94. The molecule has 0 amide bonds. The first-order valence-electron chi connectivity index (χ1n) is 7.12. The van der Waals surface area contributed by atoms with E-state index in [2.05, 4.69) is 35.0 Å². The maximum absolute atomic E-state index is 6.44. The topological polar surface area (TPSA) is 44.5 Å². The molecule has 0 bridgehead atoms. The van der Waals surface area contributed by atoms with Gasteiger partial charge in [0.1, 0.15) is 0 Å². The van der Waals surface area contributed by atoms with E-state index in [-0.39, 0.29) is 6.04 Å². The van der Waals surface area contributed by atoms with Gasteiger partial charge in [-0.1, -0.05) is 22.9 Å². The molecular weight excluding hydrogens is 350 g/mol. The molecule has 2 heterocycles. The summed E-state index contributed by atoms with van der Waals surface area (Å²) in [6.45, 7) is 3.53. The van der Waals surface area contributed by atoms with Gasteiger partial charge in [0, 0.05) is 20.6 Å². The minimum atomic E-state index is -0.151. The monoisotopic (exact) mass is 367 g/mol. The molecular formula is C16H18BrNO2S. The summed E-state index contributed by atoms with van der Waals surface area (Å²) in [5.41, 5.74) is 7.47. The van der Waals surface area contributed by atoms with Crippen LogP contribution in [0.2, 0.25) is 0 Å². The van der Waals surface area contributed by atoms with Gasteiger partial charge >= 0.3 is 0 Å². The number of rotatable bonds is 3. The molecule has 1 unspecified atom stereocenters. The van der Waals surface area contributed by atoms with E-state index in [0.29, 0.717) is 13.2 Å². The van der Waals surface area contributed by atoms with Crippen molar-refractivity contribution in [2.45, 2.75) is 25.8 Å². The summed E-state index contributed by atoms with van der Waals surface area (Å²) in [6, 6.07) is 8.08. The summed E-state index contributed by atoms with van der Waals surface area (Å²) in [7, 11) is 0. The highest BCUT2D eigenvalue weighted by Gasteiger charge is 2.19. The standard InChI is InChI=1S/C16H18BrNO2S/c1-2-10-4-5-15(21-10)16(18)11-8-13-14(9-12(11)17)20-7-3-6-19-13/h4-5,8-9,16H,2-3,6-7,18H2,1H3. The number of ether oxygens (including phenoxy) is 2. The Hall–Kier alpha value is -1.04. The van der Waals surface area contributed by atoms with Crippen LogP contribution in [0.4, 0.5) is 0 Å². The zero-order chi connectivity index (χ0) is 14.8. The summed E-state index contributed by atoms with van der Waals surface area (Å²) in [4.78, 5) is 2.52. The number of fused-ring (bicyclic) bond motifs is 1. The Kier molecular flexibility index (Phi) is 4.52. The lowest BCUT2D eigenvalue weighted by atomic mass is 10.1. The van der Waals surface area contributed by atoms with Crippen molar-refractivity contribution < 1.29 is 9.47 Å². The van der Waals surface area contributed by atoms with E-state index in [1.54, 1.807) is 11.3 Å². The molecule has 0 fully saturated rings. The molecule has 21 heavy (non-hydrogen) atoms. The molecule has 1 aromatic carbocycles. The zero-order valence-electron chi connectivity index (χ0n) is 11.9. The smallest absolute Gasteiger partial charge is 0.162 e. The van der Waals surface area contributed by atoms with Crippen LogP contribution >= 0.6 is 27.3 Å². The second kappa shape index (κ2) is 6.38. The molecule has 0 saturated heterocycles. The second-order valence-corrected chi connectivity index (χ2v) is 7.06. The lowest BCUT2D eigenvalue weighted by Crippen LogP contribution is -2.11. The summed E-state index contributed by atoms with van der Waals surface area (Å²) >= 11 is 5.38. The third kappa shape index (κ3) is 3.10. The Bertz CT molecular complexity index is 641. The zero-order valence-corrected chi connectivity index (χ0v) is 14.3. The van der Waals surface area contributed by atoms with Gasteiger partial charge in [-0.25, -0.2) is 0 Å². The molecule has 0 spiro atoms. The Balaban J connectivity index is 1.95. The van der Waals surface area contributed by atoms with Gasteiger partial charge in [0.2, 0.25) is 0 Å². The summed E-state index contributed by atoms with van der Waals surface area (Å²) < 4.78 is 12.4. The number of benzene rings is 1. The van der Waals surface area contributed by atoms with Crippen molar-refractivity contribution >= 4 is 27.3 Å². The molecule has 0 radical (unpaired) electrons. The van der Waals surface area contributed by atoms with Gasteiger partial charge < -0.3 is 15.2 Å². The van der Waals surface area contributed by atoms with Gasteiger partial charge in [-0.2, -0.15) is 0 Å². The largest absolute Gasteiger partial charge is 0.490 e. The van der Waals surface area contributed by atoms with Gasteiger partial charge in [-0.15, -0.1) is 11.3 Å². The minimum absolute atomic E-state index is 0.151. The van der Waals surface area contributed by atoms with Gasteiger partial charge in [0.05, 0.1) is 19.3 Å². The third-order valence-corrected chi connectivity index (χ3v) is 5.54. The van der Waals surface area contributed by atoms with E-state index in [0.717, 1.165) is 34.4 Å². The van der Waals surface area contributed by atoms with Crippen LogP contribution in [0.1, 0.15) is 34.7 Å². The molecule has 0 saturated carbocycles. The SMILES string of the molecule is CCc1ccc(C(N)c2cc3c(cc2Br)OCCCO3)s1. The lowest BCUT2D eigenvalue weighted by molar-refractivity contribution is 0.297. The number of aryl methyl sites for hydroxylation is 1. The Morgan fingerprint density at radius 3 is 2.62 bits per heavy atom. The summed E-state index contributed by atoms with van der Waals surface area (Å²) in [5.74, 6) is 1.57. The second-order valence-electron chi connectivity index (χ2n) is 5.01. The van der Waals surface area contributed by atoms with Gasteiger partial charge in [0.15, 0.2) is 11.5 Å². The van der Waals surface area contributed by atoms with Crippen LogP contribution in [0.15, 0.2) is 28.7 Å². The van der Waals surface area contributed by atoms with Crippen molar-refractivity contribution in [3.8, 4) is 11.5 Å². The molecule has 3 nitrogen and oxygen atoms in total. The van der Waals surface area contributed by atoms with Gasteiger partial charge in [-0.3, -0.25) is 0 Å². The van der Waals surface area contributed by atoms with E-state index < -0.39 is 0 Å². The first-order valence-corrected chi connectivity index (χ1v) is 8.73. The molecule has 0 aliphatic carbocycles. The van der Waals surface area contributed by atoms with Crippen LogP contribution in [0.5, 0.6) is 11.5 Å². The number of nitrogens with two attached hydrogens (primary N) is 1. The van der Waals surface area contributed by atoms with E-state index in [9.17, 15) is 0 Å².